The first-order chi connectivity index (χ1) is 27.4. The number of nitrogens with zero attached hydrogens (tertiary/aromatic N) is 2. The summed E-state index contributed by atoms with van der Waals surface area (Å²) < 4.78 is 43.0. The quantitative estimate of drug-likeness (QED) is 0.0595. The topological polar surface area (TPSA) is 113 Å². The highest BCUT2D eigenvalue weighted by Crippen LogP contribution is 2.51. The molecule has 13 heteroatoms. The van der Waals surface area contributed by atoms with Crippen LogP contribution >= 0.6 is 8.53 Å². The average Bonchev–Trinajstić information content (AvgIpc) is 3.58. The van der Waals surface area contributed by atoms with Crippen LogP contribution in [0.2, 0.25) is 24.2 Å². The van der Waals surface area contributed by atoms with E-state index in [1.54, 1.807) is 27.3 Å². The van der Waals surface area contributed by atoms with Crippen LogP contribution in [0.15, 0.2) is 94.6 Å². The molecule has 1 fully saturated rings. The van der Waals surface area contributed by atoms with Gasteiger partial charge in [-0.1, -0.05) is 88.5 Å². The first kappa shape index (κ1) is 45.5. The van der Waals surface area contributed by atoms with Crippen LogP contribution in [0.4, 0.5) is 0 Å². The largest absolute Gasteiger partial charge is 0.497 e. The van der Waals surface area contributed by atoms with E-state index in [1.807, 2.05) is 66.7 Å². The first-order valence-corrected chi connectivity index (χ1v) is 24.6. The van der Waals surface area contributed by atoms with Gasteiger partial charge in [0.25, 0.3) is 14.1 Å². The number of aryl methyl sites for hydroxylation is 1. The van der Waals surface area contributed by atoms with E-state index in [-0.39, 0.29) is 23.7 Å². The maximum absolute atomic E-state index is 13.3. The third kappa shape index (κ3) is 10.2. The smallest absolute Gasteiger partial charge is 0.330 e. The Hall–Kier alpha value is -3.61. The van der Waals surface area contributed by atoms with Crippen LogP contribution in [0.1, 0.15) is 83.4 Å². The molecule has 0 amide bonds. The Labute approximate surface area is 347 Å². The fraction of sp³-hybridized carbons (Fsp3) is 0.511. The molecule has 1 N–H and O–H groups in total. The van der Waals surface area contributed by atoms with E-state index >= 15 is 0 Å². The molecule has 5 rings (SSSR count). The highest BCUT2D eigenvalue weighted by molar-refractivity contribution is 7.44. The molecule has 0 spiro atoms. The zero-order chi connectivity index (χ0) is 42.4. The Bertz CT molecular complexity index is 1980. The van der Waals surface area contributed by atoms with Gasteiger partial charge in [0.05, 0.1) is 41.6 Å². The average molecular weight is 834 g/mol. The van der Waals surface area contributed by atoms with E-state index in [1.165, 1.54) is 4.57 Å². The first-order valence-electron chi connectivity index (χ1n) is 20.3. The molecule has 0 saturated carbocycles. The van der Waals surface area contributed by atoms with Gasteiger partial charge in [0.1, 0.15) is 29.4 Å². The van der Waals surface area contributed by atoms with E-state index < -0.39 is 51.9 Å². The van der Waals surface area contributed by atoms with Crippen molar-refractivity contribution in [2.75, 3.05) is 27.4 Å². The van der Waals surface area contributed by atoms with Gasteiger partial charge in [-0.15, -0.1) is 0 Å². The van der Waals surface area contributed by atoms with Gasteiger partial charge in [0, 0.05) is 30.3 Å². The zero-order valence-corrected chi connectivity index (χ0v) is 38.3. The van der Waals surface area contributed by atoms with E-state index in [0.29, 0.717) is 18.6 Å². The van der Waals surface area contributed by atoms with Crippen LogP contribution < -0.4 is 20.7 Å². The van der Waals surface area contributed by atoms with Gasteiger partial charge in [0.15, 0.2) is 0 Å². The van der Waals surface area contributed by atoms with Gasteiger partial charge in [-0.2, -0.15) is 0 Å². The second kappa shape index (κ2) is 19.2. The summed E-state index contributed by atoms with van der Waals surface area (Å²) in [7, 11) is 0.0739. The molecule has 1 saturated heterocycles. The van der Waals surface area contributed by atoms with Crippen LogP contribution in [0.5, 0.6) is 11.5 Å². The van der Waals surface area contributed by atoms with Crippen molar-refractivity contribution in [3.05, 3.63) is 128 Å². The molecule has 3 aromatic carbocycles. The maximum atomic E-state index is 13.3. The summed E-state index contributed by atoms with van der Waals surface area (Å²) in [6, 6.07) is 27.1. The molecule has 11 nitrogen and oxygen atoms in total. The molecule has 0 unspecified atom stereocenters. The lowest BCUT2D eigenvalue weighted by atomic mass is 9.80. The lowest BCUT2D eigenvalue weighted by Crippen LogP contribution is -2.40. The summed E-state index contributed by atoms with van der Waals surface area (Å²) in [5.41, 5.74) is 0.994. The van der Waals surface area contributed by atoms with Crippen molar-refractivity contribution >= 4 is 16.6 Å². The fourth-order valence-electron chi connectivity index (χ4n) is 7.21. The van der Waals surface area contributed by atoms with Crippen LogP contribution in [0.3, 0.4) is 0 Å². The van der Waals surface area contributed by atoms with Crippen molar-refractivity contribution in [3.63, 3.8) is 0 Å². The van der Waals surface area contributed by atoms with Gasteiger partial charge < -0.3 is 28.0 Å². The summed E-state index contributed by atoms with van der Waals surface area (Å²) in [5.74, 6) is 1.44. The highest BCUT2D eigenvalue weighted by atomic mass is 31.2. The van der Waals surface area contributed by atoms with Crippen LogP contribution in [-0.2, 0) is 24.1 Å². The van der Waals surface area contributed by atoms with Crippen LogP contribution in [-0.4, -0.2) is 74.0 Å². The number of methoxy groups -OCH3 is 2. The minimum Gasteiger partial charge on any atom is -0.497 e. The predicted molar refractivity (Wildman–Crippen MR) is 235 cm³/mol. The second-order valence-corrected chi connectivity index (χ2v) is 24.5. The Kier molecular flexibility index (Phi) is 15.0. The zero-order valence-electron chi connectivity index (χ0n) is 36.4. The van der Waals surface area contributed by atoms with Gasteiger partial charge in [-0.3, -0.25) is 14.3 Å². The van der Waals surface area contributed by atoms with Crippen molar-refractivity contribution < 1.29 is 28.0 Å². The molecule has 0 aliphatic carbocycles. The number of H-pyrrole nitrogens is 1. The molecular formula is C45H64N3O8PSi. The van der Waals surface area contributed by atoms with E-state index in [9.17, 15) is 9.59 Å². The summed E-state index contributed by atoms with van der Waals surface area (Å²) >= 11 is 0. The van der Waals surface area contributed by atoms with E-state index in [0.717, 1.165) is 34.2 Å². The molecule has 58 heavy (non-hydrogen) atoms. The molecule has 2 heterocycles. The molecular weight excluding hydrogens is 770 g/mol. The van der Waals surface area contributed by atoms with Gasteiger partial charge in [-0.05, 0) is 86.7 Å². The van der Waals surface area contributed by atoms with Gasteiger partial charge in [0.2, 0.25) is 0 Å². The van der Waals surface area contributed by atoms with Crippen molar-refractivity contribution in [1.29, 1.82) is 0 Å². The molecule has 1 aliphatic rings. The monoisotopic (exact) mass is 833 g/mol. The minimum atomic E-state index is -1.65. The van der Waals surface area contributed by atoms with Gasteiger partial charge >= 0.3 is 5.69 Å². The molecule has 0 radical (unpaired) electrons. The lowest BCUT2D eigenvalue weighted by Gasteiger charge is -2.40. The fourth-order valence-corrected chi connectivity index (χ4v) is 10.5. The van der Waals surface area contributed by atoms with Crippen molar-refractivity contribution in [1.82, 2.24) is 14.2 Å². The lowest BCUT2D eigenvalue weighted by molar-refractivity contribution is -0.0925. The second-order valence-electron chi connectivity index (χ2n) is 17.3. The summed E-state index contributed by atoms with van der Waals surface area (Å²) in [6.45, 7) is 22.8. The van der Waals surface area contributed by atoms with Crippen molar-refractivity contribution in [3.8, 4) is 11.5 Å². The minimum absolute atomic E-state index is 0.0850. The number of nitrogens with one attached hydrogen (secondary N) is 1. The number of ether oxygens (including phenoxy) is 4. The van der Waals surface area contributed by atoms with Crippen molar-refractivity contribution in [2.24, 2.45) is 0 Å². The Morgan fingerprint density at radius 1 is 0.862 bits per heavy atom. The number of rotatable bonds is 18. The highest BCUT2D eigenvalue weighted by Gasteiger charge is 2.45. The van der Waals surface area contributed by atoms with E-state index in [4.69, 9.17) is 28.0 Å². The number of hydrogen-bond donors (Lipinski definition) is 1. The molecule has 1 aliphatic heterocycles. The van der Waals surface area contributed by atoms with Crippen LogP contribution in [0.25, 0.3) is 0 Å². The molecule has 0 bridgehead atoms. The molecule has 316 valence electrons. The van der Waals surface area contributed by atoms with Gasteiger partial charge in [-0.25, -0.2) is 9.46 Å². The summed E-state index contributed by atoms with van der Waals surface area (Å²) in [6.07, 6.45) is -0.0213. The standard InChI is InChI=1S/C45H64N3O8PSi/c1-31(2)48(32(3)4)57(54-26-27-58(11,12)44(6,7)8)56-39-28-41(47-29-33(5)42(49)46-43(47)50)55-40(39)30-53-45(34-16-14-13-15-17-34,35-18-22-37(51-9)23-19-35)36-20-24-38(52-10)25-21-36/h13-25,29,31-32,39-41H,26-28,30H2,1-12H3,(H,46,49,50)/t39-,40+,41+,57-/m0/s1. The SMILES string of the molecule is COc1ccc(C(OC[C@H]2O[C@@H](n3cc(C)c(=O)[nH]c3=O)C[C@@H]2O[P@](OCC[Si](C)(C)C(C)(C)C)N(C(C)C)C(C)C)(c2ccccc2)c2ccc(OC)cc2)cc1. The number of aromatic nitrogens is 2. The Morgan fingerprint density at radius 2 is 1.40 bits per heavy atom. The third-order valence-corrected chi connectivity index (χ3v) is 19.4. The Balaban J connectivity index is 1.59. The number of benzene rings is 3. The number of aromatic amines is 1. The maximum Gasteiger partial charge on any atom is 0.330 e. The normalized spacial score (nSPS) is 18.3. The van der Waals surface area contributed by atoms with Crippen LogP contribution in [0, 0.1) is 6.92 Å². The van der Waals surface area contributed by atoms with Crippen molar-refractivity contribution in [2.45, 2.75) is 122 Å². The molecule has 4 aromatic rings. The molecule has 1 aromatic heterocycles. The van der Waals surface area contributed by atoms with E-state index in [2.05, 4.69) is 83.3 Å². The predicted octanol–water partition coefficient (Wildman–Crippen LogP) is 9.41. The number of hydrogen-bond acceptors (Lipinski definition) is 9. The summed E-state index contributed by atoms with van der Waals surface area (Å²) in [4.78, 5) is 28.2. The Morgan fingerprint density at radius 3 is 1.90 bits per heavy atom. The third-order valence-electron chi connectivity index (χ3n) is 11.7. The summed E-state index contributed by atoms with van der Waals surface area (Å²) in [5, 5.41) is 0.214. The molecule has 4 atom stereocenters.